The first kappa shape index (κ1) is 16.8. The summed E-state index contributed by atoms with van der Waals surface area (Å²) >= 11 is 4.72. The standard InChI is InChI=1S/C15H14BrFN2O2S/c1-9(21-13-5-3-10(17)7-12(13)16)15(20)19-11-4-6-14(22-2)18-8-11/h3-9H,1-2H3,(H,19,20). The quantitative estimate of drug-likeness (QED) is 0.788. The number of hydrogen-bond acceptors (Lipinski definition) is 4. The van der Waals surface area contributed by atoms with E-state index in [1.165, 1.54) is 30.0 Å². The average molecular weight is 385 g/mol. The highest BCUT2D eigenvalue weighted by atomic mass is 79.9. The minimum absolute atomic E-state index is 0.310. The Morgan fingerprint density at radius 2 is 2.18 bits per heavy atom. The molecule has 116 valence electrons. The van der Waals surface area contributed by atoms with Gasteiger partial charge < -0.3 is 10.1 Å². The van der Waals surface area contributed by atoms with Crippen LogP contribution in [0, 0.1) is 5.82 Å². The number of anilines is 1. The zero-order valence-corrected chi connectivity index (χ0v) is 14.4. The number of nitrogens with one attached hydrogen (secondary N) is 1. The number of nitrogens with zero attached hydrogens (tertiary/aromatic N) is 1. The Hall–Kier alpha value is -1.60. The number of benzene rings is 1. The van der Waals surface area contributed by atoms with E-state index in [0.29, 0.717) is 15.9 Å². The highest BCUT2D eigenvalue weighted by molar-refractivity contribution is 9.10. The van der Waals surface area contributed by atoms with Gasteiger partial charge in [-0.1, -0.05) is 0 Å². The number of rotatable bonds is 5. The molecule has 1 atom stereocenters. The van der Waals surface area contributed by atoms with Gasteiger partial charge >= 0.3 is 0 Å². The van der Waals surface area contributed by atoms with E-state index in [2.05, 4.69) is 26.2 Å². The third kappa shape index (κ3) is 4.45. The summed E-state index contributed by atoms with van der Waals surface area (Å²) < 4.78 is 19.0. The molecule has 1 aromatic carbocycles. The monoisotopic (exact) mass is 384 g/mol. The van der Waals surface area contributed by atoms with Crippen LogP contribution in [0.2, 0.25) is 0 Å². The van der Waals surface area contributed by atoms with Gasteiger partial charge in [0.25, 0.3) is 5.91 Å². The van der Waals surface area contributed by atoms with Crippen LogP contribution < -0.4 is 10.1 Å². The molecule has 2 aromatic rings. The Morgan fingerprint density at radius 3 is 2.77 bits per heavy atom. The minimum atomic E-state index is -0.734. The van der Waals surface area contributed by atoms with Crippen molar-refractivity contribution in [2.24, 2.45) is 0 Å². The predicted octanol–water partition coefficient (Wildman–Crippen LogP) is 4.11. The van der Waals surface area contributed by atoms with Crippen molar-refractivity contribution in [1.82, 2.24) is 4.98 Å². The Morgan fingerprint density at radius 1 is 1.41 bits per heavy atom. The van der Waals surface area contributed by atoms with Crippen LogP contribution in [-0.4, -0.2) is 23.3 Å². The molecule has 0 aliphatic heterocycles. The summed E-state index contributed by atoms with van der Waals surface area (Å²) in [5.74, 6) is -0.286. The molecule has 2 rings (SSSR count). The second kappa shape index (κ2) is 7.60. The fourth-order valence-electron chi connectivity index (χ4n) is 1.63. The normalized spacial score (nSPS) is 11.8. The Labute approximate surface area is 140 Å². The molecule has 1 amide bonds. The Balaban J connectivity index is 1.99. The van der Waals surface area contributed by atoms with Crippen molar-refractivity contribution in [3.63, 3.8) is 0 Å². The number of thioether (sulfide) groups is 1. The summed E-state index contributed by atoms with van der Waals surface area (Å²) in [6, 6.07) is 7.62. The second-order valence-electron chi connectivity index (χ2n) is 4.41. The van der Waals surface area contributed by atoms with E-state index in [1.807, 2.05) is 12.3 Å². The van der Waals surface area contributed by atoms with Crippen molar-refractivity contribution < 1.29 is 13.9 Å². The van der Waals surface area contributed by atoms with Gasteiger partial charge in [0, 0.05) is 0 Å². The fourth-order valence-corrected chi connectivity index (χ4v) is 2.44. The van der Waals surface area contributed by atoms with Gasteiger partial charge in [0.2, 0.25) is 0 Å². The van der Waals surface area contributed by atoms with E-state index in [-0.39, 0.29) is 11.7 Å². The number of halogens is 2. The van der Waals surface area contributed by atoms with E-state index >= 15 is 0 Å². The summed E-state index contributed by atoms with van der Waals surface area (Å²) in [6.07, 6.45) is 2.78. The summed E-state index contributed by atoms with van der Waals surface area (Å²) in [4.78, 5) is 16.3. The van der Waals surface area contributed by atoms with Gasteiger partial charge in [0.05, 0.1) is 21.4 Å². The molecular formula is C15H14BrFN2O2S. The lowest BCUT2D eigenvalue weighted by molar-refractivity contribution is -0.122. The summed E-state index contributed by atoms with van der Waals surface area (Å²) in [5.41, 5.74) is 0.594. The van der Waals surface area contributed by atoms with Crippen LogP contribution in [0.3, 0.4) is 0 Å². The highest BCUT2D eigenvalue weighted by Crippen LogP contribution is 2.26. The van der Waals surface area contributed by atoms with Crippen LogP contribution >= 0.6 is 27.7 Å². The molecule has 0 aliphatic carbocycles. The number of amides is 1. The zero-order chi connectivity index (χ0) is 16.1. The smallest absolute Gasteiger partial charge is 0.265 e. The van der Waals surface area contributed by atoms with Crippen molar-refractivity contribution in [2.75, 3.05) is 11.6 Å². The first-order valence-corrected chi connectivity index (χ1v) is 8.44. The Kier molecular flexibility index (Phi) is 5.79. The van der Waals surface area contributed by atoms with E-state index in [1.54, 1.807) is 19.2 Å². The molecule has 0 spiro atoms. The van der Waals surface area contributed by atoms with Crippen LogP contribution in [0.15, 0.2) is 46.0 Å². The molecule has 0 fully saturated rings. The number of pyridine rings is 1. The molecule has 1 N–H and O–H groups in total. The van der Waals surface area contributed by atoms with Gasteiger partial charge in [-0.05, 0) is 59.4 Å². The van der Waals surface area contributed by atoms with Crippen LogP contribution in [-0.2, 0) is 4.79 Å². The number of carbonyl (C=O) groups is 1. The predicted molar refractivity (Wildman–Crippen MR) is 88.8 cm³/mol. The molecular weight excluding hydrogens is 371 g/mol. The number of carbonyl (C=O) groups excluding carboxylic acids is 1. The third-order valence-corrected chi connectivity index (χ3v) is 4.06. The summed E-state index contributed by atoms with van der Waals surface area (Å²) in [5, 5.41) is 3.59. The summed E-state index contributed by atoms with van der Waals surface area (Å²) in [6.45, 7) is 1.62. The number of ether oxygens (including phenoxy) is 1. The second-order valence-corrected chi connectivity index (χ2v) is 6.09. The molecule has 22 heavy (non-hydrogen) atoms. The van der Waals surface area contributed by atoms with Crippen molar-refractivity contribution in [1.29, 1.82) is 0 Å². The van der Waals surface area contributed by atoms with Crippen LogP contribution in [0.4, 0.5) is 10.1 Å². The maximum absolute atomic E-state index is 13.0. The van der Waals surface area contributed by atoms with E-state index in [9.17, 15) is 9.18 Å². The fraction of sp³-hybridized carbons (Fsp3) is 0.200. The zero-order valence-electron chi connectivity index (χ0n) is 12.0. The van der Waals surface area contributed by atoms with Crippen molar-refractivity contribution in [3.05, 3.63) is 46.8 Å². The number of hydrogen-bond donors (Lipinski definition) is 1. The lowest BCUT2D eigenvalue weighted by Gasteiger charge is -2.15. The molecule has 4 nitrogen and oxygen atoms in total. The molecule has 0 saturated carbocycles. The third-order valence-electron chi connectivity index (χ3n) is 2.78. The SMILES string of the molecule is CSc1ccc(NC(=O)C(C)Oc2ccc(F)cc2Br)cn1. The van der Waals surface area contributed by atoms with Crippen LogP contribution in [0.1, 0.15) is 6.92 Å². The van der Waals surface area contributed by atoms with Gasteiger partial charge in [-0.2, -0.15) is 0 Å². The summed E-state index contributed by atoms with van der Waals surface area (Å²) in [7, 11) is 0. The van der Waals surface area contributed by atoms with Crippen molar-refractivity contribution >= 4 is 39.3 Å². The number of aromatic nitrogens is 1. The van der Waals surface area contributed by atoms with Gasteiger partial charge in [-0.3, -0.25) is 4.79 Å². The van der Waals surface area contributed by atoms with Crippen LogP contribution in [0.25, 0.3) is 0 Å². The lowest BCUT2D eigenvalue weighted by Crippen LogP contribution is -2.30. The van der Waals surface area contributed by atoms with E-state index < -0.39 is 6.10 Å². The highest BCUT2D eigenvalue weighted by Gasteiger charge is 2.16. The van der Waals surface area contributed by atoms with Crippen molar-refractivity contribution in [3.8, 4) is 5.75 Å². The van der Waals surface area contributed by atoms with Gasteiger partial charge in [0.15, 0.2) is 6.10 Å². The molecule has 1 unspecified atom stereocenters. The topological polar surface area (TPSA) is 51.2 Å². The van der Waals surface area contributed by atoms with Gasteiger partial charge in [-0.15, -0.1) is 11.8 Å². The first-order valence-electron chi connectivity index (χ1n) is 6.42. The largest absolute Gasteiger partial charge is 0.480 e. The molecule has 1 aromatic heterocycles. The maximum atomic E-state index is 13.0. The molecule has 1 heterocycles. The molecule has 0 radical (unpaired) electrons. The molecule has 7 heteroatoms. The molecule has 0 saturated heterocycles. The first-order chi connectivity index (χ1) is 10.5. The lowest BCUT2D eigenvalue weighted by atomic mass is 10.3. The Bertz CT molecular complexity index is 667. The maximum Gasteiger partial charge on any atom is 0.265 e. The van der Waals surface area contributed by atoms with E-state index in [4.69, 9.17) is 4.74 Å². The molecule has 0 bridgehead atoms. The van der Waals surface area contributed by atoms with Crippen molar-refractivity contribution in [2.45, 2.75) is 18.1 Å². The van der Waals surface area contributed by atoms with Gasteiger partial charge in [0.1, 0.15) is 11.6 Å². The minimum Gasteiger partial charge on any atom is -0.480 e. The van der Waals surface area contributed by atoms with Gasteiger partial charge in [-0.25, -0.2) is 9.37 Å². The molecule has 0 aliphatic rings. The average Bonchev–Trinajstić information content (AvgIpc) is 2.50. The van der Waals surface area contributed by atoms with E-state index in [0.717, 1.165) is 5.03 Å². The van der Waals surface area contributed by atoms with Crippen LogP contribution in [0.5, 0.6) is 5.75 Å².